The van der Waals surface area contributed by atoms with Crippen molar-refractivity contribution in [1.82, 2.24) is 4.57 Å². The number of halogens is 1. The zero-order valence-electron chi connectivity index (χ0n) is 13.8. The molecule has 0 radical (unpaired) electrons. The van der Waals surface area contributed by atoms with Gasteiger partial charge in [-0.25, -0.2) is 9.79 Å². The minimum atomic E-state index is -0.512. The standard InChI is InChI=1S/C20H13BrN2O3/c1-12(24)23-11-14(16-4-2-3-5-18(16)23)10-17-20(25)26-19(22-17)13-6-8-15(21)9-7-13/h2-11H,1H3/b17-10+. The molecule has 3 aromatic rings. The molecule has 0 amide bonds. The number of hydrogen-bond acceptors (Lipinski definition) is 4. The Bertz CT molecular complexity index is 1110. The summed E-state index contributed by atoms with van der Waals surface area (Å²) in [7, 11) is 0. The van der Waals surface area contributed by atoms with E-state index < -0.39 is 5.97 Å². The molecular weight excluding hydrogens is 396 g/mol. The fourth-order valence-electron chi connectivity index (χ4n) is 2.85. The zero-order chi connectivity index (χ0) is 18.3. The second kappa shape index (κ2) is 6.38. The highest BCUT2D eigenvalue weighted by atomic mass is 79.9. The second-order valence-electron chi connectivity index (χ2n) is 5.83. The third kappa shape index (κ3) is 2.88. The van der Waals surface area contributed by atoms with Gasteiger partial charge in [0, 0.05) is 34.1 Å². The summed E-state index contributed by atoms with van der Waals surface area (Å²) in [6, 6.07) is 14.9. The topological polar surface area (TPSA) is 60.7 Å². The maximum atomic E-state index is 12.2. The van der Waals surface area contributed by atoms with Gasteiger partial charge in [-0.1, -0.05) is 34.1 Å². The number of esters is 1. The number of ether oxygens (including phenoxy) is 1. The highest BCUT2D eigenvalue weighted by Crippen LogP contribution is 2.26. The summed E-state index contributed by atoms with van der Waals surface area (Å²) in [6.45, 7) is 1.50. The van der Waals surface area contributed by atoms with Crippen molar-refractivity contribution in [3.8, 4) is 0 Å². The number of carbonyl (C=O) groups excluding carboxylic acids is 2. The van der Waals surface area contributed by atoms with Crippen molar-refractivity contribution in [2.45, 2.75) is 6.92 Å². The molecule has 0 saturated heterocycles. The van der Waals surface area contributed by atoms with E-state index in [1.165, 1.54) is 6.92 Å². The van der Waals surface area contributed by atoms with E-state index in [4.69, 9.17) is 4.74 Å². The van der Waals surface area contributed by atoms with E-state index in [0.29, 0.717) is 0 Å². The van der Waals surface area contributed by atoms with Crippen molar-refractivity contribution < 1.29 is 14.3 Å². The number of nitrogens with zero attached hydrogens (tertiary/aromatic N) is 2. The molecule has 2 heterocycles. The molecule has 0 bridgehead atoms. The number of cyclic esters (lactones) is 1. The Morgan fingerprint density at radius 1 is 1.15 bits per heavy atom. The predicted octanol–water partition coefficient (Wildman–Crippen LogP) is 4.41. The molecule has 128 valence electrons. The Balaban J connectivity index is 1.79. The van der Waals surface area contributed by atoms with Crippen LogP contribution in [0.2, 0.25) is 0 Å². The molecule has 4 rings (SSSR count). The van der Waals surface area contributed by atoms with E-state index in [2.05, 4.69) is 20.9 Å². The molecule has 0 saturated carbocycles. The monoisotopic (exact) mass is 408 g/mol. The SMILES string of the molecule is CC(=O)n1cc(/C=C2/N=C(c3ccc(Br)cc3)OC2=O)c2ccccc21. The van der Waals surface area contributed by atoms with Gasteiger partial charge >= 0.3 is 5.97 Å². The lowest BCUT2D eigenvalue weighted by atomic mass is 10.1. The fraction of sp³-hybridized carbons (Fsp3) is 0.0500. The first-order valence-corrected chi connectivity index (χ1v) is 8.72. The summed E-state index contributed by atoms with van der Waals surface area (Å²) in [5.41, 5.74) is 2.45. The van der Waals surface area contributed by atoms with Crippen LogP contribution in [0.15, 0.2) is 69.9 Å². The van der Waals surface area contributed by atoms with Crippen LogP contribution in [0.3, 0.4) is 0 Å². The van der Waals surface area contributed by atoms with E-state index >= 15 is 0 Å². The Hall–Kier alpha value is -2.99. The van der Waals surface area contributed by atoms with Crippen LogP contribution >= 0.6 is 15.9 Å². The van der Waals surface area contributed by atoms with E-state index in [0.717, 1.165) is 26.5 Å². The average molecular weight is 409 g/mol. The number of benzene rings is 2. The van der Waals surface area contributed by atoms with Crippen molar-refractivity contribution in [1.29, 1.82) is 0 Å². The summed E-state index contributed by atoms with van der Waals surface area (Å²) in [6.07, 6.45) is 3.36. The minimum absolute atomic E-state index is 0.0982. The van der Waals surface area contributed by atoms with Gasteiger partial charge < -0.3 is 4.74 Å². The van der Waals surface area contributed by atoms with Crippen molar-refractivity contribution in [2.75, 3.05) is 0 Å². The summed E-state index contributed by atoms with van der Waals surface area (Å²) in [5.74, 6) is -0.342. The normalized spacial score (nSPS) is 15.4. The molecule has 1 aliphatic rings. The molecule has 0 spiro atoms. The molecule has 0 fully saturated rings. The molecule has 0 unspecified atom stereocenters. The summed E-state index contributed by atoms with van der Waals surface area (Å²) in [5, 5.41) is 0.871. The number of hydrogen-bond donors (Lipinski definition) is 0. The maximum absolute atomic E-state index is 12.2. The lowest BCUT2D eigenvalue weighted by Crippen LogP contribution is -2.05. The van der Waals surface area contributed by atoms with E-state index in [-0.39, 0.29) is 17.5 Å². The maximum Gasteiger partial charge on any atom is 0.363 e. The smallest absolute Gasteiger partial charge is 0.363 e. The van der Waals surface area contributed by atoms with Gasteiger partial charge in [0.1, 0.15) is 0 Å². The van der Waals surface area contributed by atoms with Gasteiger partial charge in [0.15, 0.2) is 5.70 Å². The lowest BCUT2D eigenvalue weighted by molar-refractivity contribution is -0.129. The van der Waals surface area contributed by atoms with Crippen LogP contribution in [0.5, 0.6) is 0 Å². The van der Waals surface area contributed by atoms with Crippen molar-refractivity contribution in [3.05, 3.63) is 76.0 Å². The third-order valence-electron chi connectivity index (χ3n) is 4.09. The summed E-state index contributed by atoms with van der Waals surface area (Å²) < 4.78 is 7.78. The number of fused-ring (bicyclic) bond motifs is 1. The van der Waals surface area contributed by atoms with Gasteiger partial charge in [-0.2, -0.15) is 0 Å². The molecule has 26 heavy (non-hydrogen) atoms. The highest BCUT2D eigenvalue weighted by molar-refractivity contribution is 9.10. The molecule has 5 nitrogen and oxygen atoms in total. The number of aromatic nitrogens is 1. The van der Waals surface area contributed by atoms with Crippen molar-refractivity contribution >= 4 is 50.7 Å². The first-order valence-electron chi connectivity index (χ1n) is 7.92. The lowest BCUT2D eigenvalue weighted by Gasteiger charge is -1.98. The van der Waals surface area contributed by atoms with Gasteiger partial charge in [-0.3, -0.25) is 9.36 Å². The molecule has 0 atom stereocenters. The van der Waals surface area contributed by atoms with Crippen LogP contribution in [-0.4, -0.2) is 22.3 Å². The minimum Gasteiger partial charge on any atom is -0.402 e. The van der Waals surface area contributed by atoms with E-state index in [1.807, 2.05) is 48.5 Å². The second-order valence-corrected chi connectivity index (χ2v) is 6.75. The molecule has 1 aliphatic heterocycles. The Morgan fingerprint density at radius 3 is 2.62 bits per heavy atom. The molecule has 0 N–H and O–H groups in total. The van der Waals surface area contributed by atoms with Crippen LogP contribution in [0.1, 0.15) is 22.8 Å². The highest BCUT2D eigenvalue weighted by Gasteiger charge is 2.24. The fourth-order valence-corrected chi connectivity index (χ4v) is 3.12. The summed E-state index contributed by atoms with van der Waals surface area (Å²) in [4.78, 5) is 28.4. The Kier molecular flexibility index (Phi) is 4.05. The van der Waals surface area contributed by atoms with Crippen LogP contribution < -0.4 is 0 Å². The van der Waals surface area contributed by atoms with Gasteiger partial charge in [-0.05, 0) is 36.4 Å². The quantitative estimate of drug-likeness (QED) is 0.466. The van der Waals surface area contributed by atoms with Crippen LogP contribution in [0.25, 0.3) is 17.0 Å². The van der Waals surface area contributed by atoms with Crippen molar-refractivity contribution in [3.63, 3.8) is 0 Å². The van der Waals surface area contributed by atoms with Crippen LogP contribution in [0, 0.1) is 0 Å². The van der Waals surface area contributed by atoms with E-state index in [9.17, 15) is 9.59 Å². The average Bonchev–Trinajstić information content (AvgIpc) is 3.18. The van der Waals surface area contributed by atoms with E-state index in [1.54, 1.807) is 16.8 Å². The van der Waals surface area contributed by atoms with Gasteiger partial charge in [0.25, 0.3) is 0 Å². The third-order valence-corrected chi connectivity index (χ3v) is 4.61. The Labute approximate surface area is 157 Å². The van der Waals surface area contributed by atoms with Crippen molar-refractivity contribution in [2.24, 2.45) is 4.99 Å². The number of aliphatic imine (C=N–C) groups is 1. The zero-order valence-corrected chi connectivity index (χ0v) is 15.4. The first kappa shape index (κ1) is 16.5. The molecule has 6 heteroatoms. The number of rotatable bonds is 2. The number of carbonyl (C=O) groups is 2. The largest absolute Gasteiger partial charge is 0.402 e. The number of para-hydroxylation sites is 1. The van der Waals surface area contributed by atoms with Gasteiger partial charge in [-0.15, -0.1) is 0 Å². The van der Waals surface area contributed by atoms with Gasteiger partial charge in [0.05, 0.1) is 5.52 Å². The summed E-state index contributed by atoms with van der Waals surface area (Å²) >= 11 is 3.37. The molecule has 2 aromatic carbocycles. The van der Waals surface area contributed by atoms with Gasteiger partial charge in [0.2, 0.25) is 11.8 Å². The van der Waals surface area contributed by atoms with Crippen LogP contribution in [-0.2, 0) is 9.53 Å². The molecule has 0 aliphatic carbocycles. The van der Waals surface area contributed by atoms with Crippen LogP contribution in [0.4, 0.5) is 0 Å². The predicted molar refractivity (Wildman–Crippen MR) is 103 cm³/mol. The Morgan fingerprint density at radius 2 is 1.88 bits per heavy atom. The molecule has 1 aromatic heterocycles. The molecular formula is C20H13BrN2O3. The first-order chi connectivity index (χ1) is 12.5.